The number of nitrogen functional groups attached to an aromatic ring is 1. The van der Waals surface area contributed by atoms with Gasteiger partial charge in [0.25, 0.3) is 0 Å². The predicted octanol–water partition coefficient (Wildman–Crippen LogP) is 3.02. The molecule has 0 spiro atoms. The fourth-order valence-electron chi connectivity index (χ4n) is 1.45. The number of hydrogen-bond donors (Lipinski definition) is 2. The van der Waals surface area contributed by atoms with E-state index in [-0.39, 0.29) is 0 Å². The van der Waals surface area contributed by atoms with Gasteiger partial charge >= 0.3 is 0 Å². The first-order valence-corrected chi connectivity index (χ1v) is 5.21. The highest BCUT2D eigenvalue weighted by molar-refractivity contribution is 5.59. The van der Waals surface area contributed by atoms with Gasteiger partial charge in [0.05, 0.1) is 11.9 Å². The third-order valence-electron chi connectivity index (χ3n) is 2.57. The fourth-order valence-corrected chi connectivity index (χ4v) is 1.45. The van der Waals surface area contributed by atoms with Crippen molar-refractivity contribution in [1.29, 1.82) is 0 Å². The quantitative estimate of drug-likeness (QED) is 0.806. The van der Waals surface area contributed by atoms with Gasteiger partial charge in [-0.3, -0.25) is 0 Å². The molecule has 0 saturated carbocycles. The van der Waals surface area contributed by atoms with Crippen molar-refractivity contribution >= 4 is 17.2 Å². The Morgan fingerprint density at radius 3 is 2.50 bits per heavy atom. The molecule has 0 saturated heterocycles. The monoisotopic (exact) mass is 213 g/mol. The van der Waals surface area contributed by atoms with Crippen LogP contribution >= 0.6 is 0 Å². The molecule has 2 aromatic rings. The van der Waals surface area contributed by atoms with Crippen molar-refractivity contribution in [2.24, 2.45) is 0 Å². The van der Waals surface area contributed by atoms with Crippen molar-refractivity contribution in [3.05, 3.63) is 47.7 Å². The Kier molecular flexibility index (Phi) is 2.77. The third-order valence-corrected chi connectivity index (χ3v) is 2.57. The van der Waals surface area contributed by atoms with Gasteiger partial charge in [0.1, 0.15) is 5.82 Å². The third kappa shape index (κ3) is 2.31. The van der Waals surface area contributed by atoms with Crippen molar-refractivity contribution in [3.8, 4) is 0 Å². The highest BCUT2D eigenvalue weighted by Gasteiger charge is 1.98. The molecule has 3 N–H and O–H groups in total. The van der Waals surface area contributed by atoms with Crippen LogP contribution in [0.4, 0.5) is 17.2 Å². The molecule has 82 valence electrons. The SMILES string of the molecule is Cc1ccc(Nc2ccc(N)cn2)cc1C. The van der Waals surface area contributed by atoms with Crippen LogP contribution in [0.1, 0.15) is 11.1 Å². The summed E-state index contributed by atoms with van der Waals surface area (Å²) in [4.78, 5) is 4.19. The molecule has 2 rings (SSSR count). The molecule has 0 bridgehead atoms. The lowest BCUT2D eigenvalue weighted by Gasteiger charge is -2.07. The van der Waals surface area contributed by atoms with Crippen LogP contribution in [-0.2, 0) is 0 Å². The molecule has 1 aromatic carbocycles. The molecule has 0 aliphatic rings. The van der Waals surface area contributed by atoms with E-state index in [2.05, 4.69) is 36.3 Å². The lowest BCUT2D eigenvalue weighted by atomic mass is 10.1. The molecule has 1 aromatic heterocycles. The fraction of sp³-hybridized carbons (Fsp3) is 0.154. The summed E-state index contributed by atoms with van der Waals surface area (Å²) in [6.07, 6.45) is 1.64. The zero-order valence-electron chi connectivity index (χ0n) is 9.49. The molecule has 1 heterocycles. The first-order chi connectivity index (χ1) is 7.65. The van der Waals surface area contributed by atoms with Crippen molar-refractivity contribution in [3.63, 3.8) is 0 Å². The van der Waals surface area contributed by atoms with Crippen LogP contribution in [0.5, 0.6) is 0 Å². The average Bonchev–Trinajstić information content (AvgIpc) is 2.27. The normalized spacial score (nSPS) is 10.1. The van der Waals surface area contributed by atoms with Gasteiger partial charge in [-0.2, -0.15) is 0 Å². The topological polar surface area (TPSA) is 50.9 Å². The standard InChI is InChI=1S/C13H15N3/c1-9-3-5-12(7-10(9)2)16-13-6-4-11(14)8-15-13/h3-8H,14H2,1-2H3,(H,15,16). The summed E-state index contributed by atoms with van der Waals surface area (Å²) in [6, 6.07) is 9.93. The molecule has 3 nitrogen and oxygen atoms in total. The van der Waals surface area contributed by atoms with Crippen molar-refractivity contribution in [2.45, 2.75) is 13.8 Å². The van der Waals surface area contributed by atoms with Gasteiger partial charge in [-0.1, -0.05) is 6.07 Å². The van der Waals surface area contributed by atoms with Gasteiger partial charge < -0.3 is 11.1 Å². The Bertz CT molecular complexity index is 489. The highest BCUT2D eigenvalue weighted by atomic mass is 15.0. The summed E-state index contributed by atoms with van der Waals surface area (Å²) in [5.74, 6) is 0.803. The van der Waals surface area contributed by atoms with Crippen LogP contribution in [0.25, 0.3) is 0 Å². The van der Waals surface area contributed by atoms with Gasteiger partial charge in [0.15, 0.2) is 0 Å². The van der Waals surface area contributed by atoms with E-state index >= 15 is 0 Å². The minimum Gasteiger partial charge on any atom is -0.397 e. The summed E-state index contributed by atoms with van der Waals surface area (Å²) in [6.45, 7) is 4.19. The zero-order chi connectivity index (χ0) is 11.5. The number of nitrogens with one attached hydrogen (secondary N) is 1. The molecular weight excluding hydrogens is 198 g/mol. The summed E-state index contributed by atoms with van der Waals surface area (Å²) in [5.41, 5.74) is 9.84. The first kappa shape index (κ1) is 10.5. The number of benzene rings is 1. The van der Waals surface area contributed by atoms with Crippen molar-refractivity contribution < 1.29 is 0 Å². The first-order valence-electron chi connectivity index (χ1n) is 5.21. The Hall–Kier alpha value is -2.03. The molecule has 0 aliphatic heterocycles. The number of rotatable bonds is 2. The lowest BCUT2D eigenvalue weighted by Crippen LogP contribution is -1.95. The molecule has 0 aliphatic carbocycles. The predicted molar refractivity (Wildman–Crippen MR) is 67.8 cm³/mol. The number of anilines is 3. The maximum atomic E-state index is 5.57. The molecule has 16 heavy (non-hydrogen) atoms. The number of nitrogens with zero attached hydrogens (tertiary/aromatic N) is 1. The Morgan fingerprint density at radius 1 is 1.06 bits per heavy atom. The molecule has 0 radical (unpaired) electrons. The average molecular weight is 213 g/mol. The van der Waals surface area contributed by atoms with E-state index in [1.54, 1.807) is 6.20 Å². The van der Waals surface area contributed by atoms with Crippen LogP contribution < -0.4 is 11.1 Å². The summed E-state index contributed by atoms with van der Waals surface area (Å²) in [7, 11) is 0. The van der Waals surface area contributed by atoms with Gasteiger partial charge in [-0.05, 0) is 49.2 Å². The van der Waals surface area contributed by atoms with Gasteiger partial charge in [0.2, 0.25) is 0 Å². The minimum atomic E-state index is 0.672. The molecule has 0 fully saturated rings. The smallest absolute Gasteiger partial charge is 0.130 e. The van der Waals surface area contributed by atoms with E-state index in [9.17, 15) is 0 Å². The molecule has 0 unspecified atom stereocenters. The van der Waals surface area contributed by atoms with Crippen molar-refractivity contribution in [2.75, 3.05) is 11.1 Å². The zero-order valence-corrected chi connectivity index (χ0v) is 9.49. The summed E-state index contributed by atoms with van der Waals surface area (Å²) >= 11 is 0. The van der Waals surface area contributed by atoms with E-state index in [0.29, 0.717) is 5.69 Å². The molecule has 0 amide bonds. The Balaban J connectivity index is 2.20. The minimum absolute atomic E-state index is 0.672. The number of aryl methyl sites for hydroxylation is 2. The van der Waals surface area contributed by atoms with E-state index in [0.717, 1.165) is 11.5 Å². The highest BCUT2D eigenvalue weighted by Crippen LogP contribution is 2.18. The van der Waals surface area contributed by atoms with E-state index in [1.165, 1.54) is 11.1 Å². The number of hydrogen-bond acceptors (Lipinski definition) is 3. The van der Waals surface area contributed by atoms with E-state index < -0.39 is 0 Å². The van der Waals surface area contributed by atoms with Crippen LogP contribution in [0.3, 0.4) is 0 Å². The van der Waals surface area contributed by atoms with E-state index in [1.807, 2.05) is 18.2 Å². The summed E-state index contributed by atoms with van der Waals surface area (Å²) in [5, 5.41) is 3.23. The van der Waals surface area contributed by atoms with E-state index in [4.69, 9.17) is 5.73 Å². The number of aromatic nitrogens is 1. The van der Waals surface area contributed by atoms with Gasteiger partial charge in [-0.15, -0.1) is 0 Å². The maximum absolute atomic E-state index is 5.57. The van der Waals surface area contributed by atoms with Gasteiger partial charge in [-0.25, -0.2) is 4.98 Å². The van der Waals surface area contributed by atoms with Crippen LogP contribution in [0.15, 0.2) is 36.5 Å². The Morgan fingerprint density at radius 2 is 1.88 bits per heavy atom. The van der Waals surface area contributed by atoms with Crippen LogP contribution in [0, 0.1) is 13.8 Å². The molecule has 0 atom stereocenters. The number of pyridine rings is 1. The summed E-state index contributed by atoms with van der Waals surface area (Å²) < 4.78 is 0. The second-order valence-corrected chi connectivity index (χ2v) is 3.90. The van der Waals surface area contributed by atoms with Crippen molar-refractivity contribution in [1.82, 2.24) is 4.98 Å². The van der Waals surface area contributed by atoms with Gasteiger partial charge in [0, 0.05) is 5.69 Å². The second-order valence-electron chi connectivity index (χ2n) is 3.90. The Labute approximate surface area is 95.3 Å². The maximum Gasteiger partial charge on any atom is 0.130 e. The number of nitrogens with two attached hydrogens (primary N) is 1. The second kappa shape index (κ2) is 4.23. The largest absolute Gasteiger partial charge is 0.397 e. The lowest BCUT2D eigenvalue weighted by molar-refractivity contribution is 1.29. The van der Waals surface area contributed by atoms with Crippen LogP contribution in [-0.4, -0.2) is 4.98 Å². The molecular formula is C13H15N3. The molecule has 3 heteroatoms. The van der Waals surface area contributed by atoms with Crippen LogP contribution in [0.2, 0.25) is 0 Å².